The van der Waals surface area contributed by atoms with Crippen molar-refractivity contribution in [1.82, 2.24) is 0 Å². The first kappa shape index (κ1) is 19.7. The van der Waals surface area contributed by atoms with Gasteiger partial charge in [-0.2, -0.15) is 0 Å². The van der Waals surface area contributed by atoms with Gasteiger partial charge in [-0.1, -0.05) is 49.6 Å². The Morgan fingerprint density at radius 3 is 2.17 bits per heavy atom. The summed E-state index contributed by atoms with van der Waals surface area (Å²) in [7, 11) is 0. The highest BCUT2D eigenvalue weighted by atomic mass is 16.5. The van der Waals surface area contributed by atoms with Gasteiger partial charge in [0, 0.05) is 6.42 Å². The number of aliphatic carboxylic acids is 2. The highest BCUT2D eigenvalue weighted by Gasteiger charge is 2.48. The van der Waals surface area contributed by atoms with Gasteiger partial charge in [-0.15, -0.1) is 0 Å². The second kappa shape index (κ2) is 9.70. The summed E-state index contributed by atoms with van der Waals surface area (Å²) in [5.74, 6) is -2.82. The second-order valence-electron chi connectivity index (χ2n) is 5.60. The highest BCUT2D eigenvalue weighted by Crippen LogP contribution is 2.32. The largest absolute Gasteiger partial charge is 0.481 e. The van der Waals surface area contributed by atoms with E-state index in [1.807, 2.05) is 0 Å². The van der Waals surface area contributed by atoms with Gasteiger partial charge in [-0.25, -0.2) is 0 Å². The number of carbonyl (C=O) groups is 3. The molecular weight excluding hydrogens is 312 g/mol. The van der Waals surface area contributed by atoms with Crippen molar-refractivity contribution in [2.75, 3.05) is 6.61 Å². The Bertz CT molecular complexity index is 554. The first-order valence-electron chi connectivity index (χ1n) is 8.13. The van der Waals surface area contributed by atoms with E-state index in [0.717, 1.165) is 0 Å². The van der Waals surface area contributed by atoms with Gasteiger partial charge in [0.25, 0.3) is 0 Å². The minimum Gasteiger partial charge on any atom is -0.481 e. The standard InChI is InChI=1S/C18H24O6/c1-2-24-17(23)18(16(21)22,14-10-6-5-7-11-14)13-9-4-3-8-12-15(19)20/h5-7,10-11H,2-4,8-9,12-13H2,1H3,(H,19,20)(H,21,22). The summed E-state index contributed by atoms with van der Waals surface area (Å²) in [6.07, 6.45) is 2.60. The lowest BCUT2D eigenvalue weighted by Gasteiger charge is -2.27. The molecule has 6 heteroatoms. The number of carbonyl (C=O) groups excluding carboxylic acids is 1. The van der Waals surface area contributed by atoms with Crippen LogP contribution in [0.25, 0.3) is 0 Å². The van der Waals surface area contributed by atoms with Crippen LogP contribution in [0.1, 0.15) is 51.0 Å². The predicted octanol–water partition coefficient (Wildman–Crippen LogP) is 3.00. The van der Waals surface area contributed by atoms with E-state index < -0.39 is 23.3 Å². The minimum atomic E-state index is -1.72. The van der Waals surface area contributed by atoms with E-state index in [1.165, 1.54) is 0 Å². The van der Waals surface area contributed by atoms with Gasteiger partial charge in [-0.3, -0.25) is 14.4 Å². The number of unbranched alkanes of at least 4 members (excludes halogenated alkanes) is 3. The Kier molecular flexibility index (Phi) is 7.95. The van der Waals surface area contributed by atoms with Crippen LogP contribution in [0.4, 0.5) is 0 Å². The average molecular weight is 336 g/mol. The third-order valence-electron chi connectivity index (χ3n) is 3.95. The molecule has 1 aromatic rings. The molecule has 1 unspecified atom stereocenters. The number of hydrogen-bond acceptors (Lipinski definition) is 4. The molecule has 1 rings (SSSR count). The molecule has 0 saturated heterocycles. The Morgan fingerprint density at radius 2 is 1.62 bits per heavy atom. The zero-order chi connectivity index (χ0) is 18.0. The first-order valence-corrected chi connectivity index (χ1v) is 8.13. The quantitative estimate of drug-likeness (QED) is 0.366. The summed E-state index contributed by atoms with van der Waals surface area (Å²) in [5, 5.41) is 18.4. The smallest absolute Gasteiger partial charge is 0.328 e. The molecule has 0 fully saturated rings. The summed E-state index contributed by atoms with van der Waals surface area (Å²) in [5.41, 5.74) is -1.31. The lowest BCUT2D eigenvalue weighted by Crippen LogP contribution is -2.45. The van der Waals surface area contributed by atoms with Crippen LogP contribution in [-0.4, -0.2) is 34.7 Å². The molecule has 6 nitrogen and oxygen atoms in total. The highest BCUT2D eigenvalue weighted by molar-refractivity contribution is 6.05. The molecule has 24 heavy (non-hydrogen) atoms. The lowest BCUT2D eigenvalue weighted by molar-refractivity contribution is -0.162. The van der Waals surface area contributed by atoms with Crippen LogP contribution in [0.3, 0.4) is 0 Å². The molecule has 0 saturated carbocycles. The van der Waals surface area contributed by atoms with Gasteiger partial charge >= 0.3 is 17.9 Å². The number of benzene rings is 1. The van der Waals surface area contributed by atoms with Gasteiger partial charge in [0.15, 0.2) is 5.41 Å². The van der Waals surface area contributed by atoms with Crippen molar-refractivity contribution in [3.8, 4) is 0 Å². The Hall–Kier alpha value is -2.37. The minimum absolute atomic E-state index is 0.0979. The molecule has 1 atom stereocenters. The van der Waals surface area contributed by atoms with E-state index in [2.05, 4.69) is 0 Å². The van der Waals surface area contributed by atoms with Crippen molar-refractivity contribution >= 4 is 17.9 Å². The maximum atomic E-state index is 12.4. The average Bonchev–Trinajstić information content (AvgIpc) is 2.54. The number of carboxylic acid groups (broad SMARTS) is 2. The molecule has 0 aromatic heterocycles. The monoisotopic (exact) mass is 336 g/mol. The number of rotatable bonds is 11. The van der Waals surface area contributed by atoms with Gasteiger partial charge in [-0.05, 0) is 25.3 Å². The summed E-state index contributed by atoms with van der Waals surface area (Å²) in [6, 6.07) is 8.39. The number of carboxylic acids is 2. The van der Waals surface area contributed by atoms with Crippen molar-refractivity contribution < 1.29 is 29.3 Å². The summed E-state index contributed by atoms with van der Waals surface area (Å²) < 4.78 is 5.04. The summed E-state index contributed by atoms with van der Waals surface area (Å²) in [4.78, 5) is 34.9. The number of ether oxygens (including phenoxy) is 1. The van der Waals surface area contributed by atoms with Crippen LogP contribution in [0.5, 0.6) is 0 Å². The van der Waals surface area contributed by atoms with Gasteiger partial charge in [0.1, 0.15) is 0 Å². The van der Waals surface area contributed by atoms with Crippen LogP contribution in [0, 0.1) is 0 Å². The fraction of sp³-hybridized carbons (Fsp3) is 0.500. The molecule has 2 N–H and O–H groups in total. The summed E-state index contributed by atoms with van der Waals surface area (Å²) >= 11 is 0. The van der Waals surface area contributed by atoms with Crippen molar-refractivity contribution in [2.45, 2.75) is 50.9 Å². The fourth-order valence-electron chi connectivity index (χ4n) is 2.68. The zero-order valence-electron chi connectivity index (χ0n) is 13.9. The molecule has 0 aliphatic heterocycles. The molecule has 0 radical (unpaired) electrons. The lowest BCUT2D eigenvalue weighted by atomic mass is 9.76. The SMILES string of the molecule is CCOC(=O)C(CCCCCCC(=O)O)(C(=O)O)c1ccccc1. The topological polar surface area (TPSA) is 101 Å². The van der Waals surface area contributed by atoms with E-state index in [1.54, 1.807) is 37.3 Å². The van der Waals surface area contributed by atoms with Gasteiger partial charge in [0.05, 0.1) is 6.61 Å². The Balaban J connectivity index is 2.86. The van der Waals surface area contributed by atoms with Gasteiger partial charge < -0.3 is 14.9 Å². The molecule has 0 bridgehead atoms. The van der Waals surface area contributed by atoms with E-state index in [-0.39, 0.29) is 19.4 Å². The van der Waals surface area contributed by atoms with Crippen molar-refractivity contribution in [3.63, 3.8) is 0 Å². The Morgan fingerprint density at radius 1 is 1.00 bits per heavy atom. The van der Waals surface area contributed by atoms with Crippen LogP contribution in [0.2, 0.25) is 0 Å². The normalized spacial score (nSPS) is 13.0. The maximum Gasteiger partial charge on any atom is 0.328 e. The Labute approximate surface area is 141 Å². The summed E-state index contributed by atoms with van der Waals surface area (Å²) in [6.45, 7) is 1.75. The van der Waals surface area contributed by atoms with E-state index in [4.69, 9.17) is 9.84 Å². The number of hydrogen-bond donors (Lipinski definition) is 2. The van der Waals surface area contributed by atoms with Crippen LogP contribution < -0.4 is 0 Å². The van der Waals surface area contributed by atoms with Gasteiger partial charge in [0.2, 0.25) is 0 Å². The maximum absolute atomic E-state index is 12.4. The molecule has 1 aromatic carbocycles. The van der Waals surface area contributed by atoms with Crippen molar-refractivity contribution in [2.24, 2.45) is 0 Å². The predicted molar refractivity (Wildman–Crippen MR) is 87.7 cm³/mol. The third kappa shape index (κ3) is 5.08. The van der Waals surface area contributed by atoms with E-state index in [9.17, 15) is 19.5 Å². The molecule has 132 valence electrons. The zero-order valence-corrected chi connectivity index (χ0v) is 13.9. The molecule has 0 aliphatic carbocycles. The molecular formula is C18H24O6. The molecule has 0 spiro atoms. The van der Waals surface area contributed by atoms with Crippen molar-refractivity contribution in [3.05, 3.63) is 35.9 Å². The molecule has 0 aliphatic rings. The fourth-order valence-corrected chi connectivity index (χ4v) is 2.68. The molecule has 0 amide bonds. The molecule has 0 heterocycles. The second-order valence-corrected chi connectivity index (χ2v) is 5.60. The van der Waals surface area contributed by atoms with Crippen molar-refractivity contribution in [1.29, 1.82) is 0 Å². The van der Waals surface area contributed by atoms with Crippen LogP contribution >= 0.6 is 0 Å². The van der Waals surface area contributed by atoms with E-state index in [0.29, 0.717) is 31.2 Å². The third-order valence-corrected chi connectivity index (χ3v) is 3.95. The first-order chi connectivity index (χ1) is 11.4. The van der Waals surface area contributed by atoms with Crippen LogP contribution in [-0.2, 0) is 24.5 Å². The number of esters is 1. The van der Waals surface area contributed by atoms with E-state index >= 15 is 0 Å². The van der Waals surface area contributed by atoms with Crippen LogP contribution in [0.15, 0.2) is 30.3 Å².